The molecule has 4 fully saturated rings. The van der Waals surface area contributed by atoms with Crippen molar-refractivity contribution in [2.45, 2.75) is 90.5 Å². The van der Waals surface area contributed by atoms with E-state index in [9.17, 15) is 4.79 Å². The van der Waals surface area contributed by atoms with E-state index in [1.165, 1.54) is 64.1 Å². The van der Waals surface area contributed by atoms with Crippen LogP contribution in [0.3, 0.4) is 0 Å². The van der Waals surface area contributed by atoms with Gasteiger partial charge in [0.25, 0.3) is 0 Å². The minimum Gasteiger partial charge on any atom is -0.325 e. The maximum Gasteiger partial charge on any atom is 0.123 e. The highest BCUT2D eigenvalue weighted by atomic mass is 16.1. The van der Waals surface area contributed by atoms with Crippen molar-refractivity contribution in [3.8, 4) is 0 Å². The van der Waals surface area contributed by atoms with Gasteiger partial charge in [0.05, 0.1) is 0 Å². The Labute approximate surface area is 148 Å². The van der Waals surface area contributed by atoms with Crippen molar-refractivity contribution in [2.24, 2.45) is 46.2 Å². The number of aldehydes is 1. The van der Waals surface area contributed by atoms with E-state index in [0.717, 1.165) is 18.3 Å². The average molecular weight is 332 g/mol. The zero-order valence-electron chi connectivity index (χ0n) is 16.0. The third kappa shape index (κ3) is 2.01. The average Bonchev–Trinajstić information content (AvgIpc) is 2.92. The van der Waals surface area contributed by atoms with Gasteiger partial charge in [0, 0.05) is 11.5 Å². The number of hydrogen-bond donors (Lipinski definition) is 1. The quantitative estimate of drug-likeness (QED) is 0.727. The molecule has 24 heavy (non-hydrogen) atoms. The lowest BCUT2D eigenvalue weighted by atomic mass is 9.40. The van der Waals surface area contributed by atoms with Gasteiger partial charge in [-0.25, -0.2) is 0 Å². The van der Waals surface area contributed by atoms with Crippen LogP contribution >= 0.6 is 0 Å². The number of nitrogens with two attached hydrogens (primary N) is 1. The van der Waals surface area contributed by atoms with Crippen LogP contribution in [0.25, 0.3) is 0 Å². The van der Waals surface area contributed by atoms with Crippen LogP contribution in [-0.2, 0) is 4.79 Å². The van der Waals surface area contributed by atoms with Crippen LogP contribution in [0.5, 0.6) is 0 Å². The van der Waals surface area contributed by atoms with Crippen molar-refractivity contribution in [1.29, 1.82) is 0 Å². The third-order valence-corrected chi connectivity index (χ3v) is 9.72. The fraction of sp³-hybridized carbons (Fsp3) is 0.955. The lowest BCUT2D eigenvalue weighted by Crippen LogP contribution is -2.68. The van der Waals surface area contributed by atoms with Gasteiger partial charge in [0.15, 0.2) is 0 Å². The van der Waals surface area contributed by atoms with Crippen LogP contribution in [0.15, 0.2) is 0 Å². The summed E-state index contributed by atoms with van der Waals surface area (Å²) < 4.78 is 0. The Balaban J connectivity index is 1.71. The Hall–Kier alpha value is -0.370. The largest absolute Gasteiger partial charge is 0.325 e. The summed E-state index contributed by atoms with van der Waals surface area (Å²) >= 11 is 0. The molecular weight excluding hydrogens is 294 g/mol. The Kier molecular flexibility index (Phi) is 3.95. The molecule has 0 radical (unpaired) electrons. The van der Waals surface area contributed by atoms with Gasteiger partial charge in [-0.2, -0.15) is 0 Å². The Bertz CT molecular complexity index is 518. The normalized spacial score (nSPS) is 56.9. The molecule has 0 aromatic rings. The first-order valence-electron chi connectivity index (χ1n) is 10.6. The van der Waals surface area contributed by atoms with Gasteiger partial charge in [-0.1, -0.05) is 27.2 Å². The maximum atomic E-state index is 11.7. The van der Waals surface area contributed by atoms with Gasteiger partial charge in [-0.15, -0.1) is 0 Å². The Morgan fingerprint density at radius 3 is 2.54 bits per heavy atom. The summed E-state index contributed by atoms with van der Waals surface area (Å²) in [6.45, 7) is 7.28. The van der Waals surface area contributed by atoms with E-state index < -0.39 is 0 Å². The number of carbonyl (C=O) groups is 1. The maximum absolute atomic E-state index is 11.7. The molecule has 0 heterocycles. The molecule has 136 valence electrons. The highest BCUT2D eigenvalue weighted by Crippen LogP contribution is 2.69. The van der Waals surface area contributed by atoms with E-state index in [0.29, 0.717) is 17.3 Å². The zero-order chi connectivity index (χ0) is 17.2. The second kappa shape index (κ2) is 5.56. The highest BCUT2D eigenvalue weighted by Gasteiger charge is 2.66. The molecule has 0 bridgehead atoms. The molecule has 8 atom stereocenters. The minimum absolute atomic E-state index is 0.00213. The fourth-order valence-electron chi connectivity index (χ4n) is 8.43. The van der Waals surface area contributed by atoms with Crippen LogP contribution in [0, 0.1) is 40.4 Å². The summed E-state index contributed by atoms with van der Waals surface area (Å²) in [5, 5.41) is 0. The van der Waals surface area contributed by atoms with E-state index in [2.05, 4.69) is 20.8 Å². The predicted octanol–water partition coefficient (Wildman–Crippen LogP) is 4.95. The summed E-state index contributed by atoms with van der Waals surface area (Å²) in [4.78, 5) is 11.7. The molecule has 2 heteroatoms. The van der Waals surface area contributed by atoms with Gasteiger partial charge in [0.1, 0.15) is 6.29 Å². The van der Waals surface area contributed by atoms with E-state index in [1.807, 2.05) is 0 Å². The molecule has 4 aliphatic rings. The Morgan fingerprint density at radius 2 is 1.83 bits per heavy atom. The third-order valence-electron chi connectivity index (χ3n) is 9.72. The van der Waals surface area contributed by atoms with Crippen LogP contribution < -0.4 is 5.73 Å². The molecule has 4 rings (SSSR count). The first kappa shape index (κ1) is 17.1. The van der Waals surface area contributed by atoms with Crippen molar-refractivity contribution in [2.75, 3.05) is 0 Å². The second-order valence-electron chi connectivity index (χ2n) is 10.3. The highest BCUT2D eigenvalue weighted by molar-refractivity contribution is 5.56. The Morgan fingerprint density at radius 1 is 1.04 bits per heavy atom. The number of rotatable bonds is 2. The van der Waals surface area contributed by atoms with Crippen molar-refractivity contribution in [1.82, 2.24) is 0 Å². The standard InChI is InChI=1S/C22H37NO/c1-4-21-11-7-15(2)13-16(21)8-12-22(23)18-6-5-17(14-24)20(18,3)10-9-19(21)22/h14-19H,4-13,23H2,1-3H3. The summed E-state index contributed by atoms with van der Waals surface area (Å²) in [6.07, 6.45) is 14.1. The molecule has 4 aliphatic carbocycles. The lowest BCUT2D eigenvalue weighted by molar-refractivity contribution is -0.144. The molecule has 0 spiro atoms. The molecular formula is C22H37NO. The molecule has 0 amide bonds. The van der Waals surface area contributed by atoms with E-state index >= 15 is 0 Å². The molecule has 0 aliphatic heterocycles. The van der Waals surface area contributed by atoms with E-state index in [1.54, 1.807) is 0 Å². The van der Waals surface area contributed by atoms with Crippen molar-refractivity contribution < 1.29 is 4.79 Å². The summed E-state index contributed by atoms with van der Waals surface area (Å²) in [5.41, 5.74) is 8.01. The van der Waals surface area contributed by atoms with Crippen molar-refractivity contribution >= 4 is 6.29 Å². The molecule has 0 saturated heterocycles. The molecule has 2 nitrogen and oxygen atoms in total. The van der Waals surface area contributed by atoms with Gasteiger partial charge in [-0.3, -0.25) is 0 Å². The second-order valence-corrected chi connectivity index (χ2v) is 10.3. The fourth-order valence-corrected chi connectivity index (χ4v) is 8.43. The molecule has 8 unspecified atom stereocenters. The van der Waals surface area contributed by atoms with Crippen molar-refractivity contribution in [3.63, 3.8) is 0 Å². The number of carbonyl (C=O) groups excluding carboxylic acids is 1. The van der Waals surface area contributed by atoms with Gasteiger partial charge in [-0.05, 0) is 92.3 Å². The first-order chi connectivity index (χ1) is 11.4. The van der Waals surface area contributed by atoms with Gasteiger partial charge in [0.2, 0.25) is 0 Å². The van der Waals surface area contributed by atoms with Crippen LogP contribution in [-0.4, -0.2) is 11.8 Å². The summed E-state index contributed by atoms with van der Waals surface area (Å²) in [6, 6.07) is 0. The van der Waals surface area contributed by atoms with Gasteiger partial charge < -0.3 is 10.5 Å². The SMILES string of the molecule is CCC12CCC(C)CC1CCC1(N)C3CCC(C=O)C3(C)CCC12. The predicted molar refractivity (Wildman–Crippen MR) is 98.5 cm³/mol. The molecule has 2 N–H and O–H groups in total. The monoisotopic (exact) mass is 331 g/mol. The van der Waals surface area contributed by atoms with Crippen LogP contribution in [0.2, 0.25) is 0 Å². The first-order valence-corrected chi connectivity index (χ1v) is 10.6. The van der Waals surface area contributed by atoms with Crippen LogP contribution in [0.4, 0.5) is 0 Å². The topological polar surface area (TPSA) is 43.1 Å². The smallest absolute Gasteiger partial charge is 0.123 e. The van der Waals surface area contributed by atoms with Crippen molar-refractivity contribution in [3.05, 3.63) is 0 Å². The number of fused-ring (bicyclic) bond motifs is 5. The minimum atomic E-state index is -0.00213. The van der Waals surface area contributed by atoms with Gasteiger partial charge >= 0.3 is 0 Å². The van der Waals surface area contributed by atoms with Crippen LogP contribution in [0.1, 0.15) is 85.0 Å². The molecule has 4 saturated carbocycles. The van der Waals surface area contributed by atoms with E-state index in [4.69, 9.17) is 5.73 Å². The lowest BCUT2D eigenvalue weighted by Gasteiger charge is -2.66. The number of hydrogen-bond acceptors (Lipinski definition) is 2. The zero-order valence-corrected chi connectivity index (χ0v) is 16.0. The molecule has 0 aromatic carbocycles. The summed E-state index contributed by atoms with van der Waals surface area (Å²) in [7, 11) is 0. The van der Waals surface area contributed by atoms with E-state index in [-0.39, 0.29) is 16.9 Å². The molecule has 0 aromatic heterocycles. The summed E-state index contributed by atoms with van der Waals surface area (Å²) in [5.74, 6) is 3.33.